The highest BCUT2D eigenvalue weighted by atomic mass is 16.5. The summed E-state index contributed by atoms with van der Waals surface area (Å²) in [5, 5.41) is 3.68. The maximum atomic E-state index is 5.31. The van der Waals surface area contributed by atoms with Gasteiger partial charge in [-0.3, -0.25) is 0 Å². The zero-order chi connectivity index (χ0) is 13.0. The summed E-state index contributed by atoms with van der Waals surface area (Å²) in [6, 6.07) is 2.82. The molecule has 1 aromatic rings. The Morgan fingerprint density at radius 2 is 2.28 bits per heavy atom. The van der Waals surface area contributed by atoms with Crippen molar-refractivity contribution in [2.24, 2.45) is 5.92 Å². The largest absolute Gasteiger partial charge is 0.380 e. The van der Waals surface area contributed by atoms with Gasteiger partial charge in [0, 0.05) is 32.1 Å². The van der Waals surface area contributed by atoms with E-state index >= 15 is 0 Å². The second-order valence-corrected chi connectivity index (χ2v) is 5.46. The lowest BCUT2D eigenvalue weighted by atomic mass is 10.1. The molecule has 18 heavy (non-hydrogen) atoms. The fourth-order valence-corrected chi connectivity index (χ4v) is 2.41. The Labute approximate surface area is 111 Å². The van der Waals surface area contributed by atoms with Crippen molar-refractivity contribution in [2.45, 2.75) is 51.8 Å². The summed E-state index contributed by atoms with van der Waals surface area (Å²) in [5.41, 5.74) is 1.44. The topological polar surface area (TPSA) is 26.2 Å². The van der Waals surface area contributed by atoms with E-state index in [-0.39, 0.29) is 6.10 Å². The smallest absolute Gasteiger partial charge is 0.0721 e. The normalized spacial score (nSPS) is 18.8. The lowest BCUT2D eigenvalue weighted by Crippen LogP contribution is -2.23. The van der Waals surface area contributed by atoms with Crippen LogP contribution in [0.25, 0.3) is 0 Å². The van der Waals surface area contributed by atoms with Crippen LogP contribution in [0.3, 0.4) is 0 Å². The predicted octanol–water partition coefficient (Wildman–Crippen LogP) is 2.97. The third kappa shape index (κ3) is 3.59. The van der Waals surface area contributed by atoms with Crippen LogP contribution in [0.4, 0.5) is 0 Å². The number of aromatic nitrogens is 1. The molecule has 1 aromatic heterocycles. The maximum Gasteiger partial charge on any atom is 0.0721 e. The van der Waals surface area contributed by atoms with Gasteiger partial charge in [-0.05, 0) is 50.3 Å². The van der Waals surface area contributed by atoms with Gasteiger partial charge in [0.1, 0.15) is 0 Å². The quantitative estimate of drug-likeness (QED) is 0.767. The minimum Gasteiger partial charge on any atom is -0.380 e. The molecule has 0 radical (unpaired) electrons. The molecule has 102 valence electrons. The van der Waals surface area contributed by atoms with Crippen molar-refractivity contribution in [3.63, 3.8) is 0 Å². The number of methoxy groups -OCH3 is 1. The highest BCUT2D eigenvalue weighted by molar-refractivity contribution is 5.18. The van der Waals surface area contributed by atoms with E-state index in [0.29, 0.717) is 6.04 Å². The molecule has 1 saturated carbocycles. The lowest BCUT2D eigenvalue weighted by Gasteiger charge is -2.17. The molecule has 0 aliphatic heterocycles. The van der Waals surface area contributed by atoms with E-state index in [9.17, 15) is 0 Å². The van der Waals surface area contributed by atoms with E-state index in [1.807, 2.05) is 0 Å². The van der Waals surface area contributed by atoms with Gasteiger partial charge >= 0.3 is 0 Å². The van der Waals surface area contributed by atoms with Gasteiger partial charge in [-0.1, -0.05) is 6.92 Å². The summed E-state index contributed by atoms with van der Waals surface area (Å²) >= 11 is 0. The fourth-order valence-electron chi connectivity index (χ4n) is 2.41. The van der Waals surface area contributed by atoms with E-state index in [1.54, 1.807) is 7.11 Å². The summed E-state index contributed by atoms with van der Waals surface area (Å²) in [6.07, 6.45) is 8.68. The Morgan fingerprint density at radius 1 is 1.50 bits per heavy atom. The molecule has 1 N–H and O–H groups in total. The predicted molar refractivity (Wildman–Crippen MR) is 74.7 cm³/mol. The van der Waals surface area contributed by atoms with E-state index in [2.05, 4.69) is 42.2 Å². The molecule has 3 heteroatoms. The van der Waals surface area contributed by atoms with Crippen molar-refractivity contribution in [2.75, 3.05) is 13.7 Å². The highest BCUT2D eigenvalue weighted by Crippen LogP contribution is 2.41. The van der Waals surface area contributed by atoms with Gasteiger partial charge in [0.25, 0.3) is 0 Å². The molecule has 1 aliphatic carbocycles. The van der Waals surface area contributed by atoms with Crippen molar-refractivity contribution in [3.05, 3.63) is 24.0 Å². The molecule has 2 atom stereocenters. The Morgan fingerprint density at radius 3 is 2.89 bits per heavy atom. The molecule has 0 amide bonds. The van der Waals surface area contributed by atoms with Crippen molar-refractivity contribution >= 4 is 0 Å². The van der Waals surface area contributed by atoms with E-state index in [4.69, 9.17) is 4.74 Å². The van der Waals surface area contributed by atoms with Gasteiger partial charge in [-0.25, -0.2) is 0 Å². The number of nitrogens with zero attached hydrogens (tertiary/aromatic N) is 1. The Bertz CT molecular complexity index is 357. The number of rotatable bonds is 8. The summed E-state index contributed by atoms with van der Waals surface area (Å²) < 4.78 is 7.55. The Kier molecular flexibility index (Phi) is 4.84. The zero-order valence-electron chi connectivity index (χ0n) is 11.9. The first-order chi connectivity index (χ1) is 8.74. The average Bonchev–Trinajstić information content (AvgIpc) is 3.11. The van der Waals surface area contributed by atoms with Crippen LogP contribution in [0.15, 0.2) is 18.5 Å². The van der Waals surface area contributed by atoms with Crippen molar-refractivity contribution in [3.8, 4) is 0 Å². The monoisotopic (exact) mass is 250 g/mol. The highest BCUT2D eigenvalue weighted by Gasteiger charge is 2.32. The third-order valence-electron chi connectivity index (χ3n) is 3.71. The van der Waals surface area contributed by atoms with E-state index < -0.39 is 0 Å². The van der Waals surface area contributed by atoms with Crippen LogP contribution in [0.5, 0.6) is 0 Å². The molecule has 0 spiro atoms. The van der Waals surface area contributed by atoms with Gasteiger partial charge in [-0.2, -0.15) is 0 Å². The molecule has 2 unspecified atom stereocenters. The summed E-state index contributed by atoms with van der Waals surface area (Å²) in [5.74, 6) is 0.854. The molecule has 2 rings (SSSR count). The number of hydrogen-bond acceptors (Lipinski definition) is 2. The third-order valence-corrected chi connectivity index (χ3v) is 3.71. The van der Waals surface area contributed by atoms with E-state index in [0.717, 1.165) is 19.0 Å². The van der Waals surface area contributed by atoms with Crippen LogP contribution >= 0.6 is 0 Å². The summed E-state index contributed by atoms with van der Waals surface area (Å²) in [7, 11) is 1.77. The SMILES string of the molecule is CCCNC(c1ccn(CC(C)OC)c1)C1CC1. The Hall–Kier alpha value is -0.800. The standard InChI is InChI=1S/C15H26N2O/c1-4-8-16-15(13-5-6-13)14-7-9-17(11-14)10-12(2)18-3/h7,9,11-13,15-16H,4-6,8,10H2,1-3H3. The van der Waals surface area contributed by atoms with E-state index in [1.165, 1.54) is 24.8 Å². The van der Waals surface area contributed by atoms with Gasteiger partial charge in [0.15, 0.2) is 0 Å². The Balaban J connectivity index is 1.97. The van der Waals surface area contributed by atoms with Gasteiger partial charge in [0.05, 0.1) is 6.10 Å². The van der Waals surface area contributed by atoms with Crippen LogP contribution in [0.1, 0.15) is 44.7 Å². The molecule has 1 aliphatic rings. The first-order valence-electron chi connectivity index (χ1n) is 7.16. The van der Waals surface area contributed by atoms with Gasteiger partial charge in [-0.15, -0.1) is 0 Å². The summed E-state index contributed by atoms with van der Waals surface area (Å²) in [4.78, 5) is 0. The van der Waals surface area contributed by atoms with Crippen LogP contribution < -0.4 is 5.32 Å². The van der Waals surface area contributed by atoms with Crippen molar-refractivity contribution in [1.82, 2.24) is 9.88 Å². The minimum atomic E-state index is 0.272. The number of nitrogens with one attached hydrogen (secondary N) is 1. The molecule has 0 saturated heterocycles. The first kappa shape index (κ1) is 13.6. The molecular formula is C15H26N2O. The number of ether oxygens (including phenoxy) is 1. The second-order valence-electron chi connectivity index (χ2n) is 5.46. The summed E-state index contributed by atoms with van der Waals surface area (Å²) in [6.45, 7) is 6.37. The van der Waals surface area contributed by atoms with Crippen molar-refractivity contribution in [1.29, 1.82) is 0 Å². The van der Waals surface area contributed by atoms with Crippen LogP contribution in [0, 0.1) is 5.92 Å². The lowest BCUT2D eigenvalue weighted by molar-refractivity contribution is 0.103. The minimum absolute atomic E-state index is 0.272. The molecule has 0 aromatic carbocycles. The van der Waals surface area contributed by atoms with Gasteiger partial charge in [0.2, 0.25) is 0 Å². The number of hydrogen-bond donors (Lipinski definition) is 1. The maximum absolute atomic E-state index is 5.31. The van der Waals surface area contributed by atoms with Crippen LogP contribution in [-0.2, 0) is 11.3 Å². The van der Waals surface area contributed by atoms with Gasteiger partial charge < -0.3 is 14.6 Å². The fraction of sp³-hybridized carbons (Fsp3) is 0.733. The zero-order valence-corrected chi connectivity index (χ0v) is 11.9. The molecule has 3 nitrogen and oxygen atoms in total. The molecule has 1 heterocycles. The second kappa shape index (κ2) is 6.39. The molecule has 0 bridgehead atoms. The average molecular weight is 250 g/mol. The van der Waals surface area contributed by atoms with Crippen molar-refractivity contribution < 1.29 is 4.74 Å². The first-order valence-corrected chi connectivity index (χ1v) is 7.16. The molecule has 1 fully saturated rings. The van der Waals surface area contributed by atoms with Crippen LogP contribution in [0.2, 0.25) is 0 Å². The molecular weight excluding hydrogens is 224 g/mol. The van der Waals surface area contributed by atoms with Crippen LogP contribution in [-0.4, -0.2) is 24.3 Å².